The number of para-hydroxylation sites is 1. The van der Waals surface area contributed by atoms with Gasteiger partial charge in [0, 0.05) is 0 Å². The zero-order chi connectivity index (χ0) is 22.4. The molecule has 0 atom stereocenters. The average molecular weight is 461 g/mol. The quantitative estimate of drug-likeness (QED) is 0.481. The average Bonchev–Trinajstić information content (AvgIpc) is 3.06. The Hall–Kier alpha value is -2.97. The van der Waals surface area contributed by atoms with Gasteiger partial charge in [-0.05, 0) is 61.5 Å². The summed E-state index contributed by atoms with van der Waals surface area (Å²) in [5.41, 5.74) is 1.30. The fraction of sp³-hybridized carbons (Fsp3) is 0.227. The second-order valence-corrected chi connectivity index (χ2v) is 8.11. The Morgan fingerprint density at radius 2 is 2.00 bits per heavy atom. The number of hydrogen-bond donors (Lipinski definition) is 1. The predicted molar refractivity (Wildman–Crippen MR) is 122 cm³/mol. The fourth-order valence-corrected chi connectivity index (χ4v) is 3.62. The molecular formula is C22H21ClN2O5S. The molecule has 7 nitrogen and oxygen atoms in total. The van der Waals surface area contributed by atoms with Crippen LogP contribution in [0.25, 0.3) is 6.08 Å². The first-order chi connectivity index (χ1) is 14.9. The lowest BCUT2D eigenvalue weighted by Gasteiger charge is -2.12. The van der Waals surface area contributed by atoms with Crippen molar-refractivity contribution in [3.8, 4) is 11.5 Å². The molecule has 0 saturated carbocycles. The summed E-state index contributed by atoms with van der Waals surface area (Å²) in [5, 5.41) is 3.67. The smallest absolute Gasteiger partial charge is 0.344 e. The first-order valence-corrected chi connectivity index (χ1v) is 10.6. The van der Waals surface area contributed by atoms with Crippen molar-refractivity contribution in [3.63, 3.8) is 0 Å². The van der Waals surface area contributed by atoms with Crippen LogP contribution in [0.3, 0.4) is 0 Å². The summed E-state index contributed by atoms with van der Waals surface area (Å²) in [7, 11) is 1.50. The van der Waals surface area contributed by atoms with E-state index >= 15 is 0 Å². The minimum absolute atomic E-state index is 0.214. The first kappa shape index (κ1) is 22.7. The molecule has 2 aromatic carbocycles. The summed E-state index contributed by atoms with van der Waals surface area (Å²) in [5.74, 6) is 0.106. The minimum Gasteiger partial charge on any atom is -0.493 e. The Kier molecular flexibility index (Phi) is 7.59. The molecule has 0 unspecified atom stereocenters. The highest BCUT2D eigenvalue weighted by Gasteiger charge is 2.24. The van der Waals surface area contributed by atoms with Crippen LogP contribution in [0, 0.1) is 0 Å². The van der Waals surface area contributed by atoms with Gasteiger partial charge < -0.3 is 19.5 Å². The SMILES string of the molecule is COc1cc(/C=C2/SC(=Nc3ccccc3Cl)NC2=O)ccc1OCC(=O)OC(C)C. The van der Waals surface area contributed by atoms with Crippen LogP contribution >= 0.6 is 23.4 Å². The lowest BCUT2D eigenvalue weighted by Crippen LogP contribution is -2.19. The van der Waals surface area contributed by atoms with E-state index in [9.17, 15) is 9.59 Å². The summed E-state index contributed by atoms with van der Waals surface area (Å²) in [6.07, 6.45) is 1.50. The Labute approximate surface area is 189 Å². The maximum Gasteiger partial charge on any atom is 0.344 e. The molecular weight excluding hydrogens is 440 g/mol. The number of nitrogens with zero attached hydrogens (tertiary/aromatic N) is 1. The van der Waals surface area contributed by atoms with E-state index in [0.717, 1.165) is 5.56 Å². The van der Waals surface area contributed by atoms with E-state index < -0.39 is 5.97 Å². The molecule has 1 N–H and O–H groups in total. The summed E-state index contributed by atoms with van der Waals surface area (Å²) in [6.45, 7) is 3.31. The lowest BCUT2D eigenvalue weighted by atomic mass is 10.2. The van der Waals surface area contributed by atoms with Crippen molar-refractivity contribution in [1.29, 1.82) is 0 Å². The molecule has 1 aliphatic rings. The van der Waals surface area contributed by atoms with Crippen molar-refractivity contribution in [2.75, 3.05) is 13.7 Å². The second kappa shape index (κ2) is 10.4. The summed E-state index contributed by atoms with van der Waals surface area (Å²) in [4.78, 5) is 28.9. The zero-order valence-electron chi connectivity index (χ0n) is 17.2. The molecule has 1 amide bonds. The monoisotopic (exact) mass is 460 g/mol. The van der Waals surface area contributed by atoms with E-state index in [4.69, 9.17) is 25.8 Å². The van der Waals surface area contributed by atoms with Crippen LogP contribution in [0.2, 0.25) is 5.02 Å². The van der Waals surface area contributed by atoms with Crippen LogP contribution in [0.4, 0.5) is 5.69 Å². The van der Waals surface area contributed by atoms with Crippen molar-refractivity contribution in [1.82, 2.24) is 5.32 Å². The van der Waals surface area contributed by atoms with Crippen LogP contribution in [-0.2, 0) is 14.3 Å². The van der Waals surface area contributed by atoms with Gasteiger partial charge >= 0.3 is 5.97 Å². The molecule has 0 radical (unpaired) electrons. The number of ether oxygens (including phenoxy) is 3. The number of esters is 1. The molecule has 0 bridgehead atoms. The van der Waals surface area contributed by atoms with Crippen molar-refractivity contribution in [2.24, 2.45) is 4.99 Å². The maximum absolute atomic E-state index is 12.3. The zero-order valence-corrected chi connectivity index (χ0v) is 18.8. The number of nitrogens with one attached hydrogen (secondary N) is 1. The Morgan fingerprint density at radius 3 is 2.71 bits per heavy atom. The normalized spacial score (nSPS) is 16.0. The third-order valence-electron chi connectivity index (χ3n) is 3.92. The van der Waals surface area contributed by atoms with Crippen molar-refractivity contribution < 1.29 is 23.8 Å². The molecule has 0 aliphatic carbocycles. The molecule has 1 saturated heterocycles. The third-order valence-corrected chi connectivity index (χ3v) is 5.15. The van der Waals surface area contributed by atoms with E-state index in [-0.39, 0.29) is 18.6 Å². The van der Waals surface area contributed by atoms with Gasteiger partial charge in [-0.1, -0.05) is 29.8 Å². The number of benzene rings is 2. The molecule has 0 aromatic heterocycles. The van der Waals surface area contributed by atoms with Crippen molar-refractivity contribution in [3.05, 3.63) is 58.0 Å². The Balaban J connectivity index is 1.73. The fourth-order valence-electron chi connectivity index (χ4n) is 2.61. The predicted octanol–water partition coefficient (Wildman–Crippen LogP) is 4.57. The van der Waals surface area contributed by atoms with Gasteiger partial charge in [-0.15, -0.1) is 0 Å². The topological polar surface area (TPSA) is 86.2 Å². The number of thioether (sulfide) groups is 1. The Morgan fingerprint density at radius 1 is 1.23 bits per heavy atom. The highest BCUT2D eigenvalue weighted by atomic mass is 35.5. The lowest BCUT2D eigenvalue weighted by molar-refractivity contribution is -0.149. The molecule has 2 aromatic rings. The highest BCUT2D eigenvalue weighted by molar-refractivity contribution is 8.18. The molecule has 9 heteroatoms. The number of carbonyl (C=O) groups is 2. The summed E-state index contributed by atoms with van der Waals surface area (Å²) < 4.78 is 15.9. The molecule has 1 heterocycles. The molecule has 1 aliphatic heterocycles. The Bertz CT molecular complexity index is 1050. The molecule has 31 heavy (non-hydrogen) atoms. The van der Waals surface area contributed by atoms with E-state index in [1.807, 2.05) is 12.1 Å². The number of aliphatic imine (C=N–C) groups is 1. The van der Waals surface area contributed by atoms with Crippen molar-refractivity contribution in [2.45, 2.75) is 20.0 Å². The highest BCUT2D eigenvalue weighted by Crippen LogP contribution is 2.33. The largest absolute Gasteiger partial charge is 0.493 e. The van der Waals surface area contributed by atoms with Gasteiger partial charge in [0.2, 0.25) is 0 Å². The van der Waals surface area contributed by atoms with Gasteiger partial charge in [0.15, 0.2) is 23.3 Å². The number of hydrogen-bond acceptors (Lipinski definition) is 7. The van der Waals surface area contributed by atoms with Gasteiger partial charge in [-0.25, -0.2) is 9.79 Å². The number of amides is 1. The third kappa shape index (κ3) is 6.26. The van der Waals surface area contributed by atoms with Crippen LogP contribution < -0.4 is 14.8 Å². The van der Waals surface area contributed by atoms with Gasteiger partial charge in [-0.2, -0.15) is 0 Å². The van der Waals surface area contributed by atoms with Gasteiger partial charge in [0.25, 0.3) is 5.91 Å². The van der Waals surface area contributed by atoms with E-state index in [0.29, 0.717) is 32.3 Å². The van der Waals surface area contributed by atoms with E-state index in [1.54, 1.807) is 50.3 Å². The first-order valence-electron chi connectivity index (χ1n) is 9.40. The summed E-state index contributed by atoms with van der Waals surface area (Å²) in [6, 6.07) is 12.3. The number of halogens is 1. The number of methoxy groups -OCH3 is 1. The number of amidine groups is 1. The molecule has 3 rings (SSSR count). The van der Waals surface area contributed by atoms with Crippen LogP contribution in [0.5, 0.6) is 11.5 Å². The maximum atomic E-state index is 12.3. The van der Waals surface area contributed by atoms with Crippen LogP contribution in [0.1, 0.15) is 19.4 Å². The van der Waals surface area contributed by atoms with Crippen molar-refractivity contribution >= 4 is 52.2 Å². The molecule has 0 spiro atoms. The molecule has 1 fully saturated rings. The minimum atomic E-state index is -0.465. The van der Waals surface area contributed by atoms with Crippen LogP contribution in [0.15, 0.2) is 52.4 Å². The standard InChI is InChI=1S/C22H21ClN2O5S/c1-13(2)30-20(26)12-29-17-9-8-14(10-18(17)28-3)11-19-21(27)25-22(31-19)24-16-7-5-4-6-15(16)23/h4-11,13H,12H2,1-3H3,(H,24,25,27)/b19-11+. The molecule has 162 valence electrons. The number of rotatable bonds is 7. The van der Waals surface area contributed by atoms with E-state index in [1.165, 1.54) is 18.9 Å². The van der Waals surface area contributed by atoms with Gasteiger partial charge in [0.1, 0.15) is 0 Å². The van der Waals surface area contributed by atoms with Gasteiger partial charge in [0.05, 0.1) is 28.8 Å². The number of carbonyl (C=O) groups excluding carboxylic acids is 2. The van der Waals surface area contributed by atoms with Crippen LogP contribution in [-0.4, -0.2) is 36.9 Å². The second-order valence-electron chi connectivity index (χ2n) is 6.67. The van der Waals surface area contributed by atoms with Gasteiger partial charge in [-0.3, -0.25) is 4.79 Å². The van der Waals surface area contributed by atoms with E-state index in [2.05, 4.69) is 10.3 Å². The summed E-state index contributed by atoms with van der Waals surface area (Å²) >= 11 is 7.34.